The van der Waals surface area contributed by atoms with E-state index in [0.29, 0.717) is 24.5 Å². The lowest BCUT2D eigenvalue weighted by Gasteiger charge is -2.27. The quantitative estimate of drug-likeness (QED) is 0.0602. The van der Waals surface area contributed by atoms with Gasteiger partial charge in [0, 0.05) is 69.7 Å². The van der Waals surface area contributed by atoms with Gasteiger partial charge in [-0.2, -0.15) is 0 Å². The van der Waals surface area contributed by atoms with Crippen LogP contribution < -0.4 is 16.0 Å². The third kappa shape index (κ3) is 11.3. The maximum atomic E-state index is 13.7. The van der Waals surface area contributed by atoms with Gasteiger partial charge in [0.15, 0.2) is 5.78 Å². The first-order chi connectivity index (χ1) is 30.9. The first kappa shape index (κ1) is 50.2. The number of aromatic amines is 1. The van der Waals surface area contributed by atoms with Crippen molar-refractivity contribution < 1.29 is 29.0 Å². The van der Waals surface area contributed by atoms with Crippen LogP contribution in [-0.2, 0) is 19.1 Å². The number of ketones is 1. The number of methoxy groups -OCH3 is 1. The van der Waals surface area contributed by atoms with Crippen molar-refractivity contribution in [1.29, 1.82) is 0 Å². The number of H-pyrrole nitrogens is 1. The minimum Gasteiger partial charge on any atom is -0.511 e. The number of ether oxygens (including phenoxy) is 2. The maximum absolute atomic E-state index is 13.7. The van der Waals surface area contributed by atoms with Gasteiger partial charge in [-0.05, 0) is 92.1 Å². The van der Waals surface area contributed by atoms with Crippen molar-refractivity contribution in [2.75, 3.05) is 13.7 Å². The zero-order chi connectivity index (χ0) is 47.3. The molecule has 8 bridgehead atoms. The Morgan fingerprint density at radius 3 is 2.00 bits per heavy atom. The highest BCUT2D eigenvalue weighted by molar-refractivity contribution is 6.00. The maximum Gasteiger partial charge on any atom is 0.320 e. The molecular weight excluding hydrogens is 813 g/mol. The van der Waals surface area contributed by atoms with Gasteiger partial charge in [-0.15, -0.1) is 0 Å². The first-order valence-electron chi connectivity index (χ1n) is 25.5. The Morgan fingerprint density at radius 1 is 0.785 bits per heavy atom. The van der Waals surface area contributed by atoms with Crippen molar-refractivity contribution >= 4 is 29.9 Å². The van der Waals surface area contributed by atoms with E-state index in [2.05, 4.69) is 101 Å². The second-order valence-corrected chi connectivity index (χ2v) is 21.4. The summed E-state index contributed by atoms with van der Waals surface area (Å²) in [7, 11) is 1.36. The number of nitrogens with one attached hydrogen (secondary N) is 4. The van der Waals surface area contributed by atoms with Crippen molar-refractivity contribution in [2.45, 2.75) is 172 Å². The van der Waals surface area contributed by atoms with Gasteiger partial charge >= 0.3 is 11.9 Å². The van der Waals surface area contributed by atoms with E-state index in [0.717, 1.165) is 87.9 Å². The SMILES string of the molecule is CCC1/C2=C/C3NC4=C(C(C(=O)OC)C(O)=C4C3C)C3N/C(=C\c4[nH]c(c(C(C)=O)c4C)/C=C(\N2)C1C)C(C)C3CCC(=O)OCCC(C)CCCC(C)CCCC(C)CCCC(C)C. The molecule has 11 unspecified atom stereocenters. The predicted octanol–water partition coefficient (Wildman–Crippen LogP) is 11.9. The number of hydrogen-bond acceptors (Lipinski definition) is 9. The van der Waals surface area contributed by atoms with E-state index in [9.17, 15) is 19.5 Å². The van der Waals surface area contributed by atoms with Gasteiger partial charge in [0.05, 0.1) is 31.5 Å². The Bertz CT molecular complexity index is 2050. The highest BCUT2D eigenvalue weighted by Crippen LogP contribution is 2.51. The zero-order valence-electron chi connectivity index (χ0n) is 42.0. The number of carbonyl (C=O) groups excluding carboxylic acids is 3. The summed E-state index contributed by atoms with van der Waals surface area (Å²) in [6.45, 7) is 24.4. The summed E-state index contributed by atoms with van der Waals surface area (Å²) in [5.74, 6) is 1.30. The summed E-state index contributed by atoms with van der Waals surface area (Å²) in [5.41, 5.74) is 8.53. The normalized spacial score (nSPS) is 29.5. The molecule has 3 saturated heterocycles. The van der Waals surface area contributed by atoms with Crippen LogP contribution in [0.4, 0.5) is 0 Å². The fourth-order valence-corrected chi connectivity index (χ4v) is 11.8. The Kier molecular flexibility index (Phi) is 17.0. The van der Waals surface area contributed by atoms with Crippen molar-refractivity contribution in [3.8, 4) is 0 Å². The number of Topliss-reactive ketones (excluding diaryl/α,β-unsaturated/α-hetero) is 1. The standard InChI is InChI=1S/C55H84N4O6/c1-13-39-34(7)41-29-46-48(38(11)60)36(9)43(57-46)27-42-35(8)40(52(58-42)50-51(55(63)64-12)54(62)49-37(10)44(59-53(49)50)28-45(39)56-41)23-24-47(61)65-26-25-33(6)22-16-21-32(5)20-15-19-31(4)18-14-17-30(2)3/h27-35,37,39-40,44,51-52,56-59,62H,13-26H2,1-12H3/b41-29-,42-27-,45-28-. The molecular formula is C55H84N4O6. The van der Waals surface area contributed by atoms with Crippen LogP contribution in [0.3, 0.4) is 0 Å². The fourth-order valence-electron chi connectivity index (χ4n) is 11.8. The van der Waals surface area contributed by atoms with Gasteiger partial charge in [0.25, 0.3) is 0 Å². The fraction of sp³-hybridized carbons (Fsp3) is 0.691. The van der Waals surface area contributed by atoms with E-state index in [1.165, 1.54) is 58.5 Å². The highest BCUT2D eigenvalue weighted by atomic mass is 16.5. The van der Waals surface area contributed by atoms with Crippen LogP contribution in [0.1, 0.15) is 180 Å². The average molecular weight is 897 g/mol. The van der Waals surface area contributed by atoms with E-state index in [-0.39, 0.29) is 59.6 Å². The number of rotatable bonds is 21. The van der Waals surface area contributed by atoms with E-state index in [4.69, 9.17) is 9.47 Å². The summed E-state index contributed by atoms with van der Waals surface area (Å²) in [6, 6.07) is -0.543. The third-order valence-electron chi connectivity index (χ3n) is 16.1. The Hall–Kier alpha value is -4.21. The van der Waals surface area contributed by atoms with Crippen LogP contribution in [0.5, 0.6) is 0 Å². The highest BCUT2D eigenvalue weighted by Gasteiger charge is 2.52. The summed E-state index contributed by atoms with van der Waals surface area (Å²) < 4.78 is 11.3. The number of allylic oxidation sites excluding steroid dienone is 4. The summed E-state index contributed by atoms with van der Waals surface area (Å²) in [4.78, 5) is 44.1. The third-order valence-corrected chi connectivity index (χ3v) is 16.1. The van der Waals surface area contributed by atoms with Crippen LogP contribution >= 0.6 is 0 Å². The number of aliphatic hydroxyl groups is 1. The molecule has 3 fully saturated rings. The second kappa shape index (κ2) is 22.1. The molecule has 1 aliphatic carbocycles. The van der Waals surface area contributed by atoms with Gasteiger partial charge in [-0.1, -0.05) is 120 Å². The van der Waals surface area contributed by atoms with Gasteiger partial charge in [0.2, 0.25) is 0 Å². The van der Waals surface area contributed by atoms with Crippen LogP contribution in [0.2, 0.25) is 0 Å². The number of hydrogen-bond donors (Lipinski definition) is 5. The van der Waals surface area contributed by atoms with Gasteiger partial charge in [-0.25, -0.2) is 0 Å². The summed E-state index contributed by atoms with van der Waals surface area (Å²) >= 11 is 0. The molecule has 65 heavy (non-hydrogen) atoms. The van der Waals surface area contributed by atoms with Gasteiger partial charge in [-0.3, -0.25) is 14.4 Å². The van der Waals surface area contributed by atoms with E-state index in [1.807, 2.05) is 6.92 Å². The summed E-state index contributed by atoms with van der Waals surface area (Å²) in [5, 5.41) is 23.3. The van der Waals surface area contributed by atoms with Crippen LogP contribution in [0.25, 0.3) is 12.2 Å². The summed E-state index contributed by atoms with van der Waals surface area (Å²) in [6.07, 6.45) is 20.6. The van der Waals surface area contributed by atoms with E-state index in [1.54, 1.807) is 6.92 Å². The van der Waals surface area contributed by atoms with E-state index < -0.39 is 17.9 Å². The molecule has 0 spiro atoms. The lowest BCUT2D eigenvalue weighted by molar-refractivity contribution is -0.145. The van der Waals surface area contributed by atoms with Crippen molar-refractivity contribution in [3.05, 3.63) is 68.3 Å². The predicted molar refractivity (Wildman–Crippen MR) is 262 cm³/mol. The lowest BCUT2D eigenvalue weighted by Crippen LogP contribution is -2.38. The first-order valence-corrected chi connectivity index (χ1v) is 25.5. The van der Waals surface area contributed by atoms with Crippen molar-refractivity contribution in [1.82, 2.24) is 20.9 Å². The molecule has 0 saturated carbocycles. The Labute approximate surface area is 391 Å². The molecule has 1 aromatic heterocycles. The van der Waals surface area contributed by atoms with Gasteiger partial charge in [0.1, 0.15) is 11.7 Å². The molecule has 5 aliphatic rings. The van der Waals surface area contributed by atoms with Gasteiger partial charge < -0.3 is 35.5 Å². The largest absolute Gasteiger partial charge is 0.511 e. The molecule has 4 aliphatic heterocycles. The topological polar surface area (TPSA) is 142 Å². The second-order valence-electron chi connectivity index (χ2n) is 21.4. The molecule has 0 radical (unpaired) electrons. The monoisotopic (exact) mass is 897 g/mol. The van der Waals surface area contributed by atoms with Crippen LogP contribution in [0.15, 0.2) is 45.8 Å². The molecule has 5 heterocycles. The Balaban J connectivity index is 1.16. The number of aliphatic hydroxyl groups excluding tert-OH is 1. The number of fused-ring (bicyclic) bond motifs is 8. The van der Waals surface area contributed by atoms with E-state index >= 15 is 0 Å². The molecule has 0 aromatic carbocycles. The molecule has 6 rings (SSSR count). The minimum absolute atomic E-state index is 0.00542. The smallest absolute Gasteiger partial charge is 0.320 e. The molecule has 5 N–H and O–H groups in total. The number of esters is 2. The number of aromatic nitrogens is 1. The lowest BCUT2D eigenvalue weighted by atomic mass is 9.80. The molecule has 0 amide bonds. The van der Waals surface area contributed by atoms with Crippen molar-refractivity contribution in [2.24, 2.45) is 59.2 Å². The molecule has 11 atom stereocenters. The molecule has 10 nitrogen and oxygen atoms in total. The van der Waals surface area contributed by atoms with Crippen LogP contribution in [-0.4, -0.2) is 53.6 Å². The van der Waals surface area contributed by atoms with Crippen molar-refractivity contribution in [3.63, 3.8) is 0 Å². The van der Waals surface area contributed by atoms with Crippen LogP contribution in [0, 0.1) is 66.1 Å². The average Bonchev–Trinajstić information content (AvgIpc) is 4.00. The number of carbonyl (C=O) groups is 3. The molecule has 360 valence electrons. The Morgan fingerprint density at radius 2 is 1.40 bits per heavy atom. The minimum atomic E-state index is -0.978. The molecule has 1 aromatic rings. The zero-order valence-corrected chi connectivity index (χ0v) is 42.0. The molecule has 10 heteroatoms.